The van der Waals surface area contributed by atoms with Crippen LogP contribution in [0.4, 0.5) is 8.78 Å². The van der Waals surface area contributed by atoms with Gasteiger partial charge in [0, 0.05) is 6.04 Å². The van der Waals surface area contributed by atoms with E-state index in [9.17, 15) is 8.78 Å². The van der Waals surface area contributed by atoms with Gasteiger partial charge in [-0.2, -0.15) is 11.8 Å². The van der Waals surface area contributed by atoms with Crippen LogP contribution in [-0.2, 0) is 6.42 Å². The molecule has 0 aromatic heterocycles. The highest BCUT2D eigenvalue weighted by atomic mass is 32.2. The quantitative estimate of drug-likeness (QED) is 0.851. The Morgan fingerprint density at radius 1 is 1.30 bits per heavy atom. The number of nitrogens with one attached hydrogen (secondary N) is 1. The largest absolute Gasteiger partial charge is 0.314 e. The summed E-state index contributed by atoms with van der Waals surface area (Å²) in [4.78, 5) is 0. The molecule has 0 saturated carbocycles. The van der Waals surface area contributed by atoms with Gasteiger partial charge < -0.3 is 5.32 Å². The molecule has 0 spiro atoms. The Morgan fingerprint density at radius 2 is 2.05 bits per heavy atom. The summed E-state index contributed by atoms with van der Waals surface area (Å²) in [5.41, 5.74) is 0.487. The second-order valence-corrected chi connectivity index (χ2v) is 6.69. The van der Waals surface area contributed by atoms with Crippen molar-refractivity contribution in [3.63, 3.8) is 0 Å². The number of thioether (sulfide) groups is 1. The van der Waals surface area contributed by atoms with Crippen molar-refractivity contribution in [2.45, 2.75) is 38.6 Å². The van der Waals surface area contributed by atoms with E-state index in [0.717, 1.165) is 18.9 Å². The van der Waals surface area contributed by atoms with Crippen molar-refractivity contribution in [2.24, 2.45) is 5.92 Å². The monoisotopic (exact) mass is 299 g/mol. The lowest BCUT2D eigenvalue weighted by Gasteiger charge is -2.27. The van der Waals surface area contributed by atoms with Crippen molar-refractivity contribution < 1.29 is 8.78 Å². The molecule has 1 nitrogen and oxygen atoms in total. The number of hydrogen-bond donors (Lipinski definition) is 1. The van der Waals surface area contributed by atoms with Crippen LogP contribution < -0.4 is 5.32 Å². The highest BCUT2D eigenvalue weighted by Gasteiger charge is 2.20. The molecule has 1 atom stereocenters. The summed E-state index contributed by atoms with van der Waals surface area (Å²) in [5.74, 6) is 1.76. The summed E-state index contributed by atoms with van der Waals surface area (Å²) < 4.78 is 27.1. The fourth-order valence-corrected chi connectivity index (χ4v) is 4.09. The maximum Gasteiger partial charge on any atom is 0.162 e. The molecule has 1 unspecified atom stereocenters. The number of likely N-dealkylation sites (N-methyl/N-ethyl adjacent to an activating group) is 1. The Morgan fingerprint density at radius 3 is 2.75 bits per heavy atom. The zero-order chi connectivity index (χ0) is 14.4. The van der Waals surface area contributed by atoms with Crippen molar-refractivity contribution in [1.29, 1.82) is 0 Å². The number of benzene rings is 1. The third kappa shape index (κ3) is 4.45. The Hall–Kier alpha value is -0.610. The Labute approximate surface area is 124 Å². The van der Waals surface area contributed by atoms with Gasteiger partial charge in [0.1, 0.15) is 0 Å². The van der Waals surface area contributed by atoms with Crippen LogP contribution in [0.5, 0.6) is 0 Å². The molecule has 1 aliphatic rings. The summed E-state index contributed by atoms with van der Waals surface area (Å²) in [6.45, 7) is 2.93. The van der Waals surface area contributed by atoms with Crippen LogP contribution in [0.15, 0.2) is 18.2 Å². The molecule has 1 saturated heterocycles. The van der Waals surface area contributed by atoms with Crippen LogP contribution in [0, 0.1) is 17.6 Å². The fraction of sp³-hybridized carbons (Fsp3) is 0.625. The molecule has 2 rings (SSSR count). The summed E-state index contributed by atoms with van der Waals surface area (Å²) in [6.07, 6.45) is 4.13. The first kappa shape index (κ1) is 15.8. The minimum atomic E-state index is -0.744. The summed E-state index contributed by atoms with van der Waals surface area (Å²) in [5, 5.41) is 3.43. The normalized spacial score (nSPS) is 18.1. The zero-order valence-electron chi connectivity index (χ0n) is 12.0. The van der Waals surface area contributed by atoms with Gasteiger partial charge in [0.2, 0.25) is 0 Å². The third-order valence-corrected chi connectivity index (χ3v) is 5.00. The number of halogens is 2. The smallest absolute Gasteiger partial charge is 0.162 e. The molecule has 1 aliphatic heterocycles. The maximum absolute atomic E-state index is 13.8. The molecular formula is C16H23F2NS. The van der Waals surface area contributed by atoms with Crippen LogP contribution in [0.25, 0.3) is 0 Å². The predicted molar refractivity (Wildman–Crippen MR) is 82.2 cm³/mol. The third-order valence-electron chi connectivity index (χ3n) is 3.95. The standard InChI is InChI=1S/C16H23F2NS/c1-2-19-14(10-12-6-8-20-9-7-12)11-13-4-3-5-15(17)16(13)18/h3-5,12,14,19H,2,6-11H2,1H3. The first-order valence-corrected chi connectivity index (χ1v) is 8.60. The maximum atomic E-state index is 13.8. The number of hydrogen-bond acceptors (Lipinski definition) is 2. The van der Waals surface area contributed by atoms with Crippen molar-refractivity contribution in [1.82, 2.24) is 5.32 Å². The van der Waals surface area contributed by atoms with Crippen LogP contribution >= 0.6 is 11.8 Å². The highest BCUT2D eigenvalue weighted by molar-refractivity contribution is 7.99. The molecule has 0 amide bonds. The summed E-state index contributed by atoms with van der Waals surface area (Å²) in [7, 11) is 0. The van der Waals surface area contributed by atoms with E-state index in [1.54, 1.807) is 12.1 Å². The molecule has 20 heavy (non-hydrogen) atoms. The van der Waals surface area contributed by atoms with Gasteiger partial charge in [-0.15, -0.1) is 0 Å². The van der Waals surface area contributed by atoms with E-state index in [1.165, 1.54) is 30.4 Å². The van der Waals surface area contributed by atoms with Crippen molar-refractivity contribution >= 4 is 11.8 Å². The average molecular weight is 299 g/mol. The van der Waals surface area contributed by atoms with Crippen LogP contribution in [-0.4, -0.2) is 24.1 Å². The molecule has 0 radical (unpaired) electrons. The first-order chi connectivity index (χ1) is 9.70. The predicted octanol–water partition coefficient (Wildman–Crippen LogP) is 4.02. The van der Waals surface area contributed by atoms with E-state index in [-0.39, 0.29) is 6.04 Å². The van der Waals surface area contributed by atoms with Gasteiger partial charge in [0.05, 0.1) is 0 Å². The van der Waals surface area contributed by atoms with E-state index >= 15 is 0 Å². The second-order valence-electron chi connectivity index (χ2n) is 5.46. The molecular weight excluding hydrogens is 276 g/mol. The van der Waals surface area contributed by atoms with Crippen LogP contribution in [0.1, 0.15) is 31.7 Å². The van der Waals surface area contributed by atoms with Gasteiger partial charge >= 0.3 is 0 Å². The molecule has 112 valence electrons. The van der Waals surface area contributed by atoms with Gasteiger partial charge in [-0.05, 0) is 61.3 Å². The lowest BCUT2D eigenvalue weighted by atomic mass is 9.91. The van der Waals surface area contributed by atoms with Crippen LogP contribution in [0.3, 0.4) is 0 Å². The topological polar surface area (TPSA) is 12.0 Å². The van der Waals surface area contributed by atoms with Crippen LogP contribution in [0.2, 0.25) is 0 Å². The molecule has 1 fully saturated rings. The van der Waals surface area contributed by atoms with Crippen molar-refractivity contribution in [3.8, 4) is 0 Å². The van der Waals surface area contributed by atoms with E-state index < -0.39 is 11.6 Å². The minimum absolute atomic E-state index is 0.240. The Kier molecular flexibility index (Phi) is 6.30. The first-order valence-electron chi connectivity index (χ1n) is 7.44. The Balaban J connectivity index is 1.98. The molecule has 1 heterocycles. The molecule has 1 aromatic rings. The summed E-state index contributed by atoms with van der Waals surface area (Å²) >= 11 is 2.02. The molecule has 1 N–H and O–H groups in total. The molecule has 0 bridgehead atoms. The lowest BCUT2D eigenvalue weighted by Crippen LogP contribution is -2.34. The zero-order valence-corrected chi connectivity index (χ0v) is 12.8. The van der Waals surface area contributed by atoms with E-state index in [1.807, 2.05) is 11.8 Å². The van der Waals surface area contributed by atoms with Gasteiger partial charge in [-0.25, -0.2) is 8.78 Å². The summed E-state index contributed by atoms with van der Waals surface area (Å²) in [6, 6.07) is 4.71. The SMILES string of the molecule is CCNC(Cc1cccc(F)c1F)CC1CCSCC1. The van der Waals surface area contributed by atoms with E-state index in [2.05, 4.69) is 12.2 Å². The molecule has 4 heteroatoms. The fourth-order valence-electron chi connectivity index (χ4n) is 2.88. The van der Waals surface area contributed by atoms with Gasteiger partial charge in [0.25, 0.3) is 0 Å². The van der Waals surface area contributed by atoms with Crippen molar-refractivity contribution in [3.05, 3.63) is 35.4 Å². The highest BCUT2D eigenvalue weighted by Crippen LogP contribution is 2.27. The van der Waals surface area contributed by atoms with Gasteiger partial charge in [-0.1, -0.05) is 19.1 Å². The minimum Gasteiger partial charge on any atom is -0.314 e. The average Bonchev–Trinajstić information content (AvgIpc) is 2.45. The molecule has 1 aromatic carbocycles. The lowest BCUT2D eigenvalue weighted by molar-refractivity contribution is 0.362. The Bertz CT molecular complexity index is 419. The number of rotatable bonds is 6. The van der Waals surface area contributed by atoms with E-state index in [4.69, 9.17) is 0 Å². The van der Waals surface area contributed by atoms with Gasteiger partial charge in [-0.3, -0.25) is 0 Å². The second kappa shape index (κ2) is 7.99. The van der Waals surface area contributed by atoms with Crippen molar-refractivity contribution in [2.75, 3.05) is 18.1 Å². The van der Waals surface area contributed by atoms with E-state index in [0.29, 0.717) is 12.0 Å². The molecule has 0 aliphatic carbocycles. The van der Waals surface area contributed by atoms with Gasteiger partial charge in [0.15, 0.2) is 11.6 Å².